The average molecular weight is 547 g/mol. The van der Waals surface area contributed by atoms with Gasteiger partial charge in [0.25, 0.3) is 5.91 Å². The molecular formula is C30H31ClN4O4. The van der Waals surface area contributed by atoms with Crippen molar-refractivity contribution in [1.82, 2.24) is 4.90 Å². The molecule has 0 radical (unpaired) electrons. The van der Waals surface area contributed by atoms with Gasteiger partial charge in [0.15, 0.2) is 11.5 Å². The third-order valence-corrected chi connectivity index (χ3v) is 6.86. The minimum atomic E-state index is -0.232. The van der Waals surface area contributed by atoms with Crippen LogP contribution in [-0.4, -0.2) is 57.1 Å². The first-order chi connectivity index (χ1) is 18.8. The van der Waals surface area contributed by atoms with Gasteiger partial charge in [0.2, 0.25) is 5.91 Å². The van der Waals surface area contributed by atoms with Crippen molar-refractivity contribution in [2.75, 3.05) is 55.9 Å². The second-order valence-corrected chi connectivity index (χ2v) is 10.1. The number of benzene rings is 3. The molecule has 0 saturated carbocycles. The Kier molecular flexibility index (Phi) is 7.77. The molecular weight excluding hydrogens is 516 g/mol. The molecule has 3 aromatic carbocycles. The second-order valence-electron chi connectivity index (χ2n) is 9.63. The molecule has 2 N–H and O–H groups in total. The van der Waals surface area contributed by atoms with Crippen LogP contribution >= 0.6 is 11.6 Å². The summed E-state index contributed by atoms with van der Waals surface area (Å²) in [5.41, 5.74) is 4.88. The third-order valence-electron chi connectivity index (χ3n) is 6.63. The Balaban J connectivity index is 1.54. The van der Waals surface area contributed by atoms with Crippen LogP contribution in [0.25, 0.3) is 11.3 Å². The fourth-order valence-corrected chi connectivity index (χ4v) is 4.80. The summed E-state index contributed by atoms with van der Waals surface area (Å²) in [4.78, 5) is 29.8. The van der Waals surface area contributed by atoms with Gasteiger partial charge in [-0.3, -0.25) is 9.59 Å². The van der Waals surface area contributed by atoms with Crippen LogP contribution in [0.15, 0.2) is 60.7 Å². The van der Waals surface area contributed by atoms with Gasteiger partial charge in [-0.05, 0) is 68.7 Å². The van der Waals surface area contributed by atoms with Crippen LogP contribution in [0.1, 0.15) is 24.5 Å². The molecule has 2 heterocycles. The third kappa shape index (κ3) is 5.72. The van der Waals surface area contributed by atoms with Gasteiger partial charge in [-0.25, -0.2) is 0 Å². The van der Waals surface area contributed by atoms with Crippen molar-refractivity contribution >= 4 is 51.7 Å². The normalized spacial score (nSPS) is 15.1. The molecule has 0 aliphatic carbocycles. The zero-order chi connectivity index (χ0) is 27.5. The average Bonchev–Trinajstić information content (AvgIpc) is 3.26. The summed E-state index contributed by atoms with van der Waals surface area (Å²) in [7, 11) is 3.97. The van der Waals surface area contributed by atoms with Gasteiger partial charge in [0, 0.05) is 47.0 Å². The topological polar surface area (TPSA) is 83.1 Å². The molecule has 9 heteroatoms. The van der Waals surface area contributed by atoms with Crippen molar-refractivity contribution in [3.63, 3.8) is 0 Å². The summed E-state index contributed by atoms with van der Waals surface area (Å²) in [6.45, 7) is 4.17. The Morgan fingerprint density at radius 2 is 1.72 bits per heavy atom. The maximum absolute atomic E-state index is 13.3. The van der Waals surface area contributed by atoms with E-state index in [1.54, 1.807) is 17.0 Å². The molecule has 0 fully saturated rings. The summed E-state index contributed by atoms with van der Waals surface area (Å²) in [6.07, 6.45) is 0.423. The summed E-state index contributed by atoms with van der Waals surface area (Å²) in [5, 5.41) is 6.94. The lowest BCUT2D eigenvalue weighted by molar-refractivity contribution is -0.118. The minimum absolute atomic E-state index is 0.0644. The van der Waals surface area contributed by atoms with Crippen LogP contribution < -0.4 is 25.0 Å². The van der Waals surface area contributed by atoms with Crippen LogP contribution in [0.2, 0.25) is 5.02 Å². The Hall–Kier alpha value is -4.01. The minimum Gasteiger partial charge on any atom is -0.486 e. The van der Waals surface area contributed by atoms with Crippen molar-refractivity contribution in [3.05, 3.63) is 76.8 Å². The number of nitrogens with zero attached hydrogens (tertiary/aromatic N) is 2. The first-order valence-electron chi connectivity index (χ1n) is 12.9. The van der Waals surface area contributed by atoms with Gasteiger partial charge in [-0.2, -0.15) is 0 Å². The van der Waals surface area contributed by atoms with E-state index in [-0.39, 0.29) is 11.8 Å². The van der Waals surface area contributed by atoms with E-state index in [1.807, 2.05) is 69.6 Å². The number of carbonyl (C=O) groups excluding carboxylic acids is 2. The monoisotopic (exact) mass is 546 g/mol. The van der Waals surface area contributed by atoms with E-state index in [1.165, 1.54) is 0 Å². The fourth-order valence-electron chi connectivity index (χ4n) is 4.63. The zero-order valence-corrected chi connectivity index (χ0v) is 23.0. The molecule has 0 unspecified atom stereocenters. The van der Waals surface area contributed by atoms with E-state index < -0.39 is 0 Å². The molecule has 39 heavy (non-hydrogen) atoms. The number of halogens is 1. The van der Waals surface area contributed by atoms with E-state index >= 15 is 0 Å². The molecule has 3 aromatic rings. The van der Waals surface area contributed by atoms with Crippen LogP contribution in [-0.2, 0) is 9.59 Å². The summed E-state index contributed by atoms with van der Waals surface area (Å²) >= 11 is 6.19. The zero-order valence-electron chi connectivity index (χ0n) is 22.2. The van der Waals surface area contributed by atoms with Crippen molar-refractivity contribution in [1.29, 1.82) is 0 Å². The molecule has 202 valence electrons. The van der Waals surface area contributed by atoms with Gasteiger partial charge in [-0.1, -0.05) is 24.6 Å². The van der Waals surface area contributed by atoms with Crippen LogP contribution in [0.3, 0.4) is 0 Å². The molecule has 0 atom stereocenters. The van der Waals surface area contributed by atoms with Crippen molar-refractivity contribution in [2.45, 2.75) is 13.3 Å². The molecule has 2 aliphatic heterocycles. The van der Waals surface area contributed by atoms with E-state index in [9.17, 15) is 9.59 Å². The largest absolute Gasteiger partial charge is 0.486 e. The number of fused-ring (bicyclic) bond motifs is 2. The highest BCUT2D eigenvalue weighted by atomic mass is 35.5. The number of anilines is 3. The van der Waals surface area contributed by atoms with E-state index in [0.717, 1.165) is 29.0 Å². The van der Waals surface area contributed by atoms with Crippen molar-refractivity contribution < 1.29 is 19.1 Å². The number of ether oxygens (including phenoxy) is 2. The Morgan fingerprint density at radius 3 is 2.44 bits per heavy atom. The Labute approximate surface area is 233 Å². The number of hydrogen-bond donors (Lipinski definition) is 2. The first kappa shape index (κ1) is 26.6. The molecule has 0 bridgehead atoms. The predicted octanol–water partition coefficient (Wildman–Crippen LogP) is 5.35. The highest BCUT2D eigenvalue weighted by Crippen LogP contribution is 2.41. The number of nitrogens with one attached hydrogen (secondary N) is 2. The second kappa shape index (κ2) is 11.4. The lowest BCUT2D eigenvalue weighted by atomic mass is 9.99. The number of carbonyl (C=O) groups is 2. The highest BCUT2D eigenvalue weighted by Gasteiger charge is 2.29. The summed E-state index contributed by atoms with van der Waals surface area (Å²) in [6, 6.07) is 18.6. The molecule has 0 aromatic heterocycles. The Bertz CT molecular complexity index is 1440. The maximum atomic E-state index is 13.3. The molecule has 2 aliphatic rings. The first-order valence-corrected chi connectivity index (χ1v) is 13.3. The predicted molar refractivity (Wildman–Crippen MR) is 156 cm³/mol. The van der Waals surface area contributed by atoms with Crippen LogP contribution in [0, 0.1) is 0 Å². The van der Waals surface area contributed by atoms with E-state index in [4.69, 9.17) is 21.1 Å². The lowest BCUT2D eigenvalue weighted by Gasteiger charge is -2.25. The smallest absolute Gasteiger partial charge is 0.258 e. The van der Waals surface area contributed by atoms with Gasteiger partial charge < -0.3 is 29.9 Å². The van der Waals surface area contributed by atoms with Crippen molar-refractivity contribution in [2.24, 2.45) is 0 Å². The van der Waals surface area contributed by atoms with Crippen molar-refractivity contribution in [3.8, 4) is 11.5 Å². The molecule has 8 nitrogen and oxygen atoms in total. The molecule has 0 saturated heterocycles. The number of rotatable bonds is 8. The SMILES string of the molecule is CCC(=O)N(CCN(C)C)c1ccc(NC(=C2C(=O)Nc3cc(Cl)ccc32)c2ccc3c(c2)OCCO3)cc1. The van der Waals surface area contributed by atoms with Gasteiger partial charge in [0.1, 0.15) is 13.2 Å². The molecule has 5 rings (SSSR count). The number of likely N-dealkylation sites (N-methyl/N-ethyl adjacent to an activating group) is 1. The van der Waals surface area contributed by atoms with Gasteiger partial charge >= 0.3 is 0 Å². The number of amides is 2. The Morgan fingerprint density at radius 1 is 0.974 bits per heavy atom. The van der Waals surface area contributed by atoms with Crippen LogP contribution in [0.4, 0.5) is 17.1 Å². The van der Waals surface area contributed by atoms with Gasteiger partial charge in [0.05, 0.1) is 17.0 Å². The quantitative estimate of drug-likeness (QED) is 0.371. The molecule has 2 amide bonds. The highest BCUT2D eigenvalue weighted by molar-refractivity contribution is 6.38. The fraction of sp³-hybridized carbons (Fsp3) is 0.267. The lowest BCUT2D eigenvalue weighted by Crippen LogP contribution is -2.36. The standard InChI is InChI=1S/C30H31ClN4O4/c1-4-27(36)35(14-13-34(2)3)22-9-7-21(8-10-22)32-29(19-5-12-25-26(17-19)39-16-15-38-25)28-23-11-6-20(31)18-24(23)33-30(28)37/h5-12,17-18,32H,4,13-16H2,1-3H3,(H,33,37). The van der Waals surface area contributed by atoms with E-state index in [2.05, 4.69) is 15.5 Å². The van der Waals surface area contributed by atoms with Gasteiger partial charge in [-0.15, -0.1) is 0 Å². The summed E-state index contributed by atoms with van der Waals surface area (Å²) in [5.74, 6) is 1.12. The van der Waals surface area contributed by atoms with Crippen LogP contribution in [0.5, 0.6) is 11.5 Å². The summed E-state index contributed by atoms with van der Waals surface area (Å²) < 4.78 is 11.5. The maximum Gasteiger partial charge on any atom is 0.258 e. The number of hydrogen-bond acceptors (Lipinski definition) is 6. The molecule has 0 spiro atoms. The van der Waals surface area contributed by atoms with E-state index in [0.29, 0.717) is 59.7 Å².